The number of halogens is 2. The number of aromatic carboxylic acids is 1. The molecule has 4 nitrogen and oxygen atoms in total. The van der Waals surface area contributed by atoms with E-state index in [1.807, 2.05) is 0 Å². The molecule has 2 aromatic rings. The average Bonchev–Trinajstić information content (AvgIpc) is 2.65. The van der Waals surface area contributed by atoms with E-state index >= 15 is 0 Å². The first-order valence-electron chi connectivity index (χ1n) is 5.07. The summed E-state index contributed by atoms with van der Waals surface area (Å²) in [5, 5.41) is 8.82. The summed E-state index contributed by atoms with van der Waals surface area (Å²) in [6.07, 6.45) is 0. The molecular weight excluding hydrogens is 244 g/mol. The summed E-state index contributed by atoms with van der Waals surface area (Å²) < 4.78 is 31.8. The first kappa shape index (κ1) is 12.2. The van der Waals surface area contributed by atoms with E-state index in [0.717, 1.165) is 0 Å². The van der Waals surface area contributed by atoms with Gasteiger partial charge in [0, 0.05) is 6.07 Å². The van der Waals surface area contributed by atoms with Gasteiger partial charge >= 0.3 is 5.97 Å². The minimum absolute atomic E-state index is 0.0653. The second-order valence-electron chi connectivity index (χ2n) is 3.81. The average molecular weight is 253 g/mol. The Morgan fingerprint density at radius 1 is 1.28 bits per heavy atom. The van der Waals surface area contributed by atoms with Crippen molar-refractivity contribution in [3.63, 3.8) is 0 Å². The fourth-order valence-electron chi connectivity index (χ4n) is 1.53. The van der Waals surface area contributed by atoms with Crippen LogP contribution in [0.4, 0.5) is 8.78 Å². The number of nitrogens with zero attached hydrogens (tertiary/aromatic N) is 1. The molecule has 0 saturated heterocycles. The number of carbonyl (C=O) groups is 1. The standard InChI is InChI=1S/C12H9F2NO3/c1-5-3-7(9(14)4-8(5)13)11-15-10(12(16)17)6(2)18-11/h3-4H,1-2H3,(H,16,17). The molecular formula is C12H9F2NO3. The number of aromatic nitrogens is 1. The predicted molar refractivity (Wildman–Crippen MR) is 58.3 cm³/mol. The number of hydrogen-bond acceptors (Lipinski definition) is 3. The lowest BCUT2D eigenvalue weighted by Gasteiger charge is -2.01. The Morgan fingerprint density at radius 2 is 1.94 bits per heavy atom. The fraction of sp³-hybridized carbons (Fsp3) is 0.167. The number of hydrogen-bond donors (Lipinski definition) is 1. The van der Waals surface area contributed by atoms with Gasteiger partial charge in [0.05, 0.1) is 5.56 Å². The minimum atomic E-state index is -1.26. The number of rotatable bonds is 2. The lowest BCUT2D eigenvalue weighted by molar-refractivity contribution is 0.0689. The number of benzene rings is 1. The first-order chi connectivity index (χ1) is 8.40. The zero-order chi connectivity index (χ0) is 13.4. The smallest absolute Gasteiger partial charge is 0.358 e. The van der Waals surface area contributed by atoms with Crippen molar-refractivity contribution in [2.45, 2.75) is 13.8 Å². The van der Waals surface area contributed by atoms with Gasteiger partial charge in [0.25, 0.3) is 0 Å². The molecule has 0 amide bonds. The Labute approximate surface area is 101 Å². The van der Waals surface area contributed by atoms with Crippen LogP contribution in [-0.4, -0.2) is 16.1 Å². The molecule has 0 saturated carbocycles. The van der Waals surface area contributed by atoms with E-state index in [4.69, 9.17) is 9.52 Å². The van der Waals surface area contributed by atoms with Crippen molar-refractivity contribution in [1.29, 1.82) is 0 Å². The number of carboxylic acid groups (broad SMARTS) is 1. The molecule has 0 aliphatic carbocycles. The quantitative estimate of drug-likeness (QED) is 0.893. The second-order valence-corrected chi connectivity index (χ2v) is 3.81. The molecule has 18 heavy (non-hydrogen) atoms. The van der Waals surface area contributed by atoms with Crippen LogP contribution < -0.4 is 0 Å². The summed E-state index contributed by atoms with van der Waals surface area (Å²) >= 11 is 0. The van der Waals surface area contributed by atoms with Gasteiger partial charge in [-0.3, -0.25) is 0 Å². The molecule has 2 rings (SSSR count). The molecule has 1 N–H and O–H groups in total. The second kappa shape index (κ2) is 4.21. The van der Waals surface area contributed by atoms with Gasteiger partial charge in [-0.25, -0.2) is 18.6 Å². The largest absolute Gasteiger partial charge is 0.476 e. The maximum atomic E-state index is 13.6. The van der Waals surface area contributed by atoms with E-state index in [1.165, 1.54) is 19.9 Å². The molecule has 0 fully saturated rings. The third-order valence-electron chi connectivity index (χ3n) is 2.48. The molecule has 0 atom stereocenters. The van der Waals surface area contributed by atoms with Crippen molar-refractivity contribution in [3.05, 3.63) is 40.8 Å². The summed E-state index contributed by atoms with van der Waals surface area (Å²) in [4.78, 5) is 14.5. The van der Waals surface area contributed by atoms with Gasteiger partial charge in [0.15, 0.2) is 5.69 Å². The van der Waals surface area contributed by atoms with Crippen molar-refractivity contribution in [1.82, 2.24) is 4.98 Å². The van der Waals surface area contributed by atoms with Gasteiger partial charge in [-0.1, -0.05) is 0 Å². The molecule has 1 heterocycles. The van der Waals surface area contributed by atoms with Gasteiger partial charge in [0.2, 0.25) is 5.89 Å². The van der Waals surface area contributed by atoms with E-state index in [9.17, 15) is 13.6 Å². The van der Waals surface area contributed by atoms with Crippen LogP contribution in [0.15, 0.2) is 16.5 Å². The molecule has 1 aromatic carbocycles. The molecule has 0 aliphatic rings. The Kier molecular flexibility index (Phi) is 2.86. The third kappa shape index (κ3) is 1.97. The Balaban J connectivity index is 2.59. The van der Waals surface area contributed by atoms with Crippen molar-refractivity contribution in [2.24, 2.45) is 0 Å². The van der Waals surface area contributed by atoms with Gasteiger partial charge in [0.1, 0.15) is 17.4 Å². The van der Waals surface area contributed by atoms with Crippen LogP contribution in [0.1, 0.15) is 21.8 Å². The highest BCUT2D eigenvalue weighted by Gasteiger charge is 2.20. The number of aryl methyl sites for hydroxylation is 2. The van der Waals surface area contributed by atoms with Gasteiger partial charge in [-0.15, -0.1) is 0 Å². The van der Waals surface area contributed by atoms with Crippen LogP contribution in [0.25, 0.3) is 11.5 Å². The van der Waals surface area contributed by atoms with Crippen molar-refractivity contribution in [3.8, 4) is 11.5 Å². The zero-order valence-electron chi connectivity index (χ0n) is 9.62. The summed E-state index contributed by atoms with van der Waals surface area (Å²) in [6, 6.07) is 1.94. The van der Waals surface area contributed by atoms with Crippen LogP contribution >= 0.6 is 0 Å². The van der Waals surface area contributed by atoms with Crippen LogP contribution in [-0.2, 0) is 0 Å². The lowest BCUT2D eigenvalue weighted by Crippen LogP contribution is -1.98. The highest BCUT2D eigenvalue weighted by atomic mass is 19.1. The molecule has 0 spiro atoms. The van der Waals surface area contributed by atoms with Gasteiger partial charge in [-0.2, -0.15) is 0 Å². The van der Waals surface area contributed by atoms with Crippen molar-refractivity contribution >= 4 is 5.97 Å². The van der Waals surface area contributed by atoms with Crippen molar-refractivity contribution in [2.75, 3.05) is 0 Å². The first-order valence-corrected chi connectivity index (χ1v) is 5.07. The van der Waals surface area contributed by atoms with Gasteiger partial charge < -0.3 is 9.52 Å². The third-order valence-corrected chi connectivity index (χ3v) is 2.48. The molecule has 0 unspecified atom stereocenters. The highest BCUT2D eigenvalue weighted by Crippen LogP contribution is 2.26. The van der Waals surface area contributed by atoms with Crippen LogP contribution in [0.2, 0.25) is 0 Å². The summed E-state index contributed by atoms with van der Waals surface area (Å²) in [6.45, 7) is 2.88. The van der Waals surface area contributed by atoms with Gasteiger partial charge in [-0.05, 0) is 25.5 Å². The van der Waals surface area contributed by atoms with E-state index in [-0.39, 0.29) is 28.5 Å². The Hall–Kier alpha value is -2.24. The maximum absolute atomic E-state index is 13.6. The van der Waals surface area contributed by atoms with E-state index in [0.29, 0.717) is 6.07 Å². The molecule has 1 aromatic heterocycles. The molecule has 0 aliphatic heterocycles. The SMILES string of the molecule is Cc1cc(-c2nc(C(=O)O)c(C)o2)c(F)cc1F. The summed E-state index contributed by atoms with van der Waals surface area (Å²) in [5.41, 5.74) is -0.130. The Morgan fingerprint density at radius 3 is 2.50 bits per heavy atom. The topological polar surface area (TPSA) is 63.3 Å². The fourth-order valence-corrected chi connectivity index (χ4v) is 1.53. The molecule has 94 valence electrons. The highest BCUT2D eigenvalue weighted by molar-refractivity contribution is 5.87. The summed E-state index contributed by atoms with van der Waals surface area (Å²) in [7, 11) is 0. The van der Waals surface area contributed by atoms with E-state index < -0.39 is 17.6 Å². The summed E-state index contributed by atoms with van der Waals surface area (Å²) in [5.74, 6) is -2.90. The molecule has 0 bridgehead atoms. The predicted octanol–water partition coefficient (Wildman–Crippen LogP) is 2.93. The monoisotopic (exact) mass is 253 g/mol. The molecule has 6 heteroatoms. The molecule has 0 radical (unpaired) electrons. The van der Waals surface area contributed by atoms with E-state index in [2.05, 4.69) is 4.98 Å². The maximum Gasteiger partial charge on any atom is 0.358 e. The lowest BCUT2D eigenvalue weighted by atomic mass is 10.1. The van der Waals surface area contributed by atoms with Crippen LogP contribution in [0.3, 0.4) is 0 Å². The normalized spacial score (nSPS) is 10.7. The number of carboxylic acids is 1. The van der Waals surface area contributed by atoms with Crippen LogP contribution in [0, 0.1) is 25.5 Å². The minimum Gasteiger partial charge on any atom is -0.476 e. The zero-order valence-corrected chi connectivity index (χ0v) is 9.62. The Bertz CT molecular complexity index is 634. The van der Waals surface area contributed by atoms with Crippen molar-refractivity contribution < 1.29 is 23.1 Å². The van der Waals surface area contributed by atoms with Crippen LogP contribution in [0.5, 0.6) is 0 Å². The van der Waals surface area contributed by atoms with E-state index in [1.54, 1.807) is 0 Å². The number of oxazole rings is 1.